The summed E-state index contributed by atoms with van der Waals surface area (Å²) >= 11 is 0. The van der Waals surface area contributed by atoms with Crippen molar-refractivity contribution in [2.24, 2.45) is 11.8 Å². The van der Waals surface area contributed by atoms with Gasteiger partial charge in [-0.2, -0.15) is 0 Å². The van der Waals surface area contributed by atoms with Gasteiger partial charge < -0.3 is 0 Å². The molecule has 64 valence electrons. The molecule has 1 aliphatic rings. The zero-order valence-corrected chi connectivity index (χ0v) is 7.68. The molecule has 1 fully saturated rings. The average Bonchev–Trinajstić information content (AvgIpc) is 2.04. The van der Waals surface area contributed by atoms with Crippen LogP contribution in [0.25, 0.3) is 0 Å². The molecule has 0 heteroatoms. The largest absolute Gasteiger partial charge is 0.103 e. The molecule has 0 radical (unpaired) electrons. The smallest absolute Gasteiger partial charge is 0.0351 e. The number of rotatable bonds is 3. The van der Waals surface area contributed by atoms with Gasteiger partial charge in [-0.3, -0.25) is 0 Å². The van der Waals surface area contributed by atoms with Crippen LogP contribution in [0, 0.1) is 11.8 Å². The Morgan fingerprint density at radius 1 is 1.27 bits per heavy atom. The lowest BCUT2D eigenvalue weighted by Gasteiger charge is -2.25. The van der Waals surface area contributed by atoms with Crippen molar-refractivity contribution in [1.82, 2.24) is 0 Å². The Labute approximate surface area is 70.7 Å². The second-order valence-electron chi connectivity index (χ2n) is 3.99. The van der Waals surface area contributed by atoms with Crippen molar-refractivity contribution in [3.8, 4) is 0 Å². The molecule has 0 aliphatic heterocycles. The van der Waals surface area contributed by atoms with Crippen molar-refractivity contribution in [2.75, 3.05) is 0 Å². The van der Waals surface area contributed by atoms with Crippen LogP contribution in [-0.2, 0) is 0 Å². The highest BCUT2D eigenvalue weighted by atomic mass is 14.2. The van der Waals surface area contributed by atoms with Crippen LogP contribution >= 0.6 is 0 Å². The summed E-state index contributed by atoms with van der Waals surface area (Å²) in [6, 6.07) is 0. The second kappa shape index (κ2) is 4.58. The number of hydrogen-bond donors (Lipinski definition) is 0. The molecule has 11 heavy (non-hydrogen) atoms. The average molecular weight is 152 g/mol. The predicted molar refractivity (Wildman–Crippen MR) is 50.6 cm³/mol. The minimum atomic E-state index is 0.995. The monoisotopic (exact) mass is 152 g/mol. The molecule has 0 aromatic carbocycles. The third-order valence-corrected chi connectivity index (χ3v) is 2.91. The molecule has 0 amide bonds. The van der Waals surface area contributed by atoms with E-state index in [4.69, 9.17) is 0 Å². The first-order valence-electron chi connectivity index (χ1n) is 4.94. The summed E-state index contributed by atoms with van der Waals surface area (Å²) in [4.78, 5) is 0. The number of hydrogen-bond acceptors (Lipinski definition) is 0. The Kier molecular flexibility index (Phi) is 3.68. The van der Waals surface area contributed by atoms with Crippen molar-refractivity contribution in [2.45, 2.75) is 45.4 Å². The third kappa shape index (κ3) is 3.09. The lowest BCUT2D eigenvalue weighted by molar-refractivity contribution is 0.279. The molecule has 0 unspecified atom stereocenters. The van der Waals surface area contributed by atoms with E-state index in [0.29, 0.717) is 0 Å². The minimum Gasteiger partial charge on any atom is -0.103 e. The van der Waals surface area contributed by atoms with Gasteiger partial charge in [0.15, 0.2) is 0 Å². The van der Waals surface area contributed by atoms with Gasteiger partial charge in [0.2, 0.25) is 0 Å². The topological polar surface area (TPSA) is 0 Å². The first-order valence-corrected chi connectivity index (χ1v) is 4.94. The molecule has 0 heterocycles. The lowest BCUT2D eigenvalue weighted by Crippen LogP contribution is -2.11. The highest BCUT2D eigenvalue weighted by Gasteiger charge is 2.16. The van der Waals surface area contributed by atoms with Gasteiger partial charge in [0, 0.05) is 0 Å². The van der Waals surface area contributed by atoms with E-state index in [1.54, 1.807) is 0 Å². The maximum atomic E-state index is 3.76. The summed E-state index contributed by atoms with van der Waals surface area (Å²) < 4.78 is 0. The quantitative estimate of drug-likeness (QED) is 0.540. The molecule has 0 aromatic heterocycles. The van der Waals surface area contributed by atoms with Crippen molar-refractivity contribution in [3.05, 3.63) is 12.7 Å². The summed E-state index contributed by atoms with van der Waals surface area (Å²) in [5.41, 5.74) is 0. The van der Waals surface area contributed by atoms with Gasteiger partial charge in [0.25, 0.3) is 0 Å². The normalized spacial score (nSPS) is 31.7. The van der Waals surface area contributed by atoms with Crippen LogP contribution in [0.5, 0.6) is 0 Å². The molecule has 0 N–H and O–H groups in total. The zero-order valence-electron chi connectivity index (χ0n) is 7.68. The van der Waals surface area contributed by atoms with Crippen LogP contribution in [0.4, 0.5) is 0 Å². The molecule has 1 aliphatic carbocycles. The van der Waals surface area contributed by atoms with E-state index in [2.05, 4.69) is 19.6 Å². The van der Waals surface area contributed by atoms with Gasteiger partial charge in [-0.05, 0) is 24.7 Å². The minimum absolute atomic E-state index is 0.995. The van der Waals surface area contributed by atoms with E-state index in [0.717, 1.165) is 11.8 Å². The van der Waals surface area contributed by atoms with E-state index >= 15 is 0 Å². The fourth-order valence-electron chi connectivity index (χ4n) is 1.97. The lowest BCUT2D eigenvalue weighted by atomic mass is 9.81. The second-order valence-corrected chi connectivity index (χ2v) is 3.99. The zero-order chi connectivity index (χ0) is 8.10. The molecular formula is C11H20. The van der Waals surface area contributed by atoms with Crippen LogP contribution < -0.4 is 0 Å². The van der Waals surface area contributed by atoms with Crippen LogP contribution in [0.2, 0.25) is 0 Å². The molecule has 0 aromatic rings. The van der Waals surface area contributed by atoms with E-state index in [1.807, 2.05) is 0 Å². The van der Waals surface area contributed by atoms with Crippen molar-refractivity contribution < 1.29 is 0 Å². The first kappa shape index (κ1) is 8.83. The van der Waals surface area contributed by atoms with Crippen LogP contribution in [0.15, 0.2) is 12.7 Å². The standard InChI is InChI=1S/C11H20/c1-3-4-5-11-8-6-10(2)7-9-11/h3,10-11H,1,4-9H2,2H3. The fraction of sp³-hybridized carbons (Fsp3) is 0.818. The maximum absolute atomic E-state index is 3.76. The molecular weight excluding hydrogens is 132 g/mol. The highest BCUT2D eigenvalue weighted by Crippen LogP contribution is 2.30. The van der Waals surface area contributed by atoms with Gasteiger partial charge in [-0.15, -0.1) is 6.58 Å². The number of allylic oxidation sites excluding steroid dienone is 1. The van der Waals surface area contributed by atoms with Gasteiger partial charge in [0.05, 0.1) is 0 Å². The van der Waals surface area contributed by atoms with Crippen molar-refractivity contribution >= 4 is 0 Å². The molecule has 1 saturated carbocycles. The SMILES string of the molecule is C=CCCC1CCC(C)CC1. The Morgan fingerprint density at radius 2 is 1.91 bits per heavy atom. The Hall–Kier alpha value is -0.260. The predicted octanol–water partition coefficient (Wildman–Crippen LogP) is 3.78. The van der Waals surface area contributed by atoms with Gasteiger partial charge in [-0.25, -0.2) is 0 Å². The van der Waals surface area contributed by atoms with E-state index < -0.39 is 0 Å². The van der Waals surface area contributed by atoms with Crippen molar-refractivity contribution in [1.29, 1.82) is 0 Å². The molecule has 0 spiro atoms. The van der Waals surface area contributed by atoms with Crippen LogP contribution in [0.1, 0.15) is 45.4 Å². The van der Waals surface area contributed by atoms with Gasteiger partial charge >= 0.3 is 0 Å². The fourth-order valence-corrected chi connectivity index (χ4v) is 1.97. The Morgan fingerprint density at radius 3 is 2.45 bits per heavy atom. The van der Waals surface area contributed by atoms with Gasteiger partial charge in [-0.1, -0.05) is 38.7 Å². The molecule has 0 atom stereocenters. The summed E-state index contributed by atoms with van der Waals surface area (Å²) in [5, 5.41) is 0. The third-order valence-electron chi connectivity index (χ3n) is 2.91. The van der Waals surface area contributed by atoms with E-state index in [9.17, 15) is 0 Å². The highest BCUT2D eigenvalue weighted by molar-refractivity contribution is 4.74. The Bertz CT molecular complexity index is 107. The summed E-state index contributed by atoms with van der Waals surface area (Å²) in [7, 11) is 0. The molecule has 0 nitrogen and oxygen atoms in total. The molecule has 0 saturated heterocycles. The molecule has 1 rings (SSSR count). The van der Waals surface area contributed by atoms with Crippen molar-refractivity contribution in [3.63, 3.8) is 0 Å². The summed E-state index contributed by atoms with van der Waals surface area (Å²) in [6.45, 7) is 6.14. The van der Waals surface area contributed by atoms with Crippen LogP contribution in [-0.4, -0.2) is 0 Å². The maximum Gasteiger partial charge on any atom is -0.0351 e. The summed E-state index contributed by atoms with van der Waals surface area (Å²) in [5.74, 6) is 2.01. The van der Waals surface area contributed by atoms with Gasteiger partial charge in [0.1, 0.15) is 0 Å². The van der Waals surface area contributed by atoms with Crippen LogP contribution in [0.3, 0.4) is 0 Å². The Balaban J connectivity index is 2.12. The molecule has 0 bridgehead atoms. The van der Waals surface area contributed by atoms with E-state index in [-0.39, 0.29) is 0 Å². The summed E-state index contributed by atoms with van der Waals surface area (Å²) in [6.07, 6.45) is 10.5. The van der Waals surface area contributed by atoms with E-state index in [1.165, 1.54) is 38.5 Å². The first-order chi connectivity index (χ1) is 5.33.